The minimum Gasteiger partial charge on any atom is -0.382 e. The number of sulfonamides is 1. The molecule has 0 saturated carbocycles. The number of rotatable bonds is 20. The predicted molar refractivity (Wildman–Crippen MR) is 233 cm³/mol. The molecule has 2 aromatic rings. The summed E-state index contributed by atoms with van der Waals surface area (Å²) in [5.41, 5.74) is 6.48. The first-order valence-corrected chi connectivity index (χ1v) is 24.3. The van der Waals surface area contributed by atoms with Crippen molar-refractivity contribution >= 4 is 62.9 Å². The second kappa shape index (κ2) is 21.5. The number of anilines is 1. The number of hydrogen-bond donors (Lipinski definition) is 8. The number of nitrogens with one attached hydrogen (secondary N) is 7. The van der Waals surface area contributed by atoms with Crippen LogP contribution in [-0.2, 0) is 43.5 Å². The molecule has 7 rings (SSSR count). The van der Waals surface area contributed by atoms with Crippen molar-refractivity contribution in [2.24, 2.45) is 5.92 Å². The Morgan fingerprint density at radius 2 is 1.66 bits per heavy atom. The van der Waals surface area contributed by atoms with Crippen molar-refractivity contribution in [2.75, 3.05) is 89.6 Å². The fourth-order valence-electron chi connectivity index (χ4n) is 8.40. The zero-order valence-electron chi connectivity index (χ0n) is 35.5. The van der Waals surface area contributed by atoms with Crippen LogP contribution in [0.4, 0.5) is 5.69 Å². The van der Waals surface area contributed by atoms with Gasteiger partial charge in [-0.1, -0.05) is 30.3 Å². The lowest BCUT2D eigenvalue weighted by atomic mass is 10.00. The second-order valence-corrected chi connectivity index (χ2v) is 19.3. The number of amides is 6. The number of thioether (sulfide) groups is 1. The largest absolute Gasteiger partial charge is 0.382 e. The molecule has 0 radical (unpaired) electrons. The third-order valence-corrected chi connectivity index (χ3v) is 14.1. The van der Waals surface area contributed by atoms with Crippen LogP contribution >= 0.6 is 11.8 Å². The number of hydrogen-bond acceptors (Lipinski definition) is 16. The molecule has 4 saturated heterocycles. The molecule has 5 heterocycles. The highest BCUT2D eigenvalue weighted by Crippen LogP contribution is 2.39. The number of ether oxygens (including phenoxy) is 2. The maximum Gasteiger partial charge on any atom is 0.257 e. The van der Waals surface area contributed by atoms with E-state index < -0.39 is 45.9 Å². The van der Waals surface area contributed by atoms with Crippen LogP contribution in [-0.4, -0.2) is 159 Å². The van der Waals surface area contributed by atoms with Gasteiger partial charge in [0, 0.05) is 73.8 Å². The van der Waals surface area contributed by atoms with Gasteiger partial charge in [-0.25, -0.2) is 23.2 Å². The van der Waals surface area contributed by atoms with Crippen molar-refractivity contribution in [2.45, 2.75) is 55.5 Å². The number of aliphatic hydroxyl groups is 1. The minimum atomic E-state index is -3.36. The van der Waals surface area contributed by atoms with Crippen molar-refractivity contribution in [3.8, 4) is 0 Å². The normalized spacial score (nSPS) is 25.0. The van der Waals surface area contributed by atoms with Gasteiger partial charge in [0.1, 0.15) is 11.5 Å². The Kier molecular flexibility index (Phi) is 15.9. The molecule has 2 aromatic carbocycles. The number of imide groups is 1. The number of aliphatic hydroxyl groups excluding tert-OH is 1. The number of carbonyl (C=O) groups excluding carboxylic acids is 6. The maximum atomic E-state index is 13.1. The standard InChI is InChI=1S/C41H56N10O11S2/c1-64(59,60)50-15-10-27(22-50)37(55)44-21-34(53)47-41-45-31(24-63-41)26-5-2-4-25(20-26)29-11-14-49(48-29)23-35(54)43-13-17-62-19-18-61-16-12-42-30-7-3-6-28-36(30)40(58)51(39(28)57)32-8-9-33(52)46-38(32)56/h2-7,20,27,29,31-32,40-42,45,48,58H,8-19,21-24H2,1H3,(H,43,54)(H,44,55)(H,47,53)(H,46,52,56). The lowest BCUT2D eigenvalue weighted by Crippen LogP contribution is -2.53. The van der Waals surface area contributed by atoms with Crippen LogP contribution in [0, 0.1) is 5.92 Å². The SMILES string of the molecule is CS(=O)(=O)N1CCC(C(=O)NCC(=O)NC2NC(c3cccc(C4CCN(CC(=O)NCCOCCOCCNc5cccc6c5C(O)N(C5CCC(=O)NC5=O)C6=O)N4)c3)CS2)C1. The molecule has 5 aliphatic rings. The number of carbonyl (C=O) groups is 6. The Labute approximate surface area is 375 Å². The van der Waals surface area contributed by atoms with Crippen LogP contribution < -0.4 is 37.3 Å². The van der Waals surface area contributed by atoms with Gasteiger partial charge in [0.2, 0.25) is 39.6 Å². The summed E-state index contributed by atoms with van der Waals surface area (Å²) < 4.78 is 36.1. The Morgan fingerprint density at radius 1 is 0.906 bits per heavy atom. The highest BCUT2D eigenvalue weighted by Gasteiger charge is 2.45. The minimum absolute atomic E-state index is 0.00645. The molecule has 4 fully saturated rings. The Bertz CT molecular complexity index is 2180. The van der Waals surface area contributed by atoms with Gasteiger partial charge < -0.3 is 35.8 Å². The summed E-state index contributed by atoms with van der Waals surface area (Å²) in [5.74, 6) is -2.04. The smallest absolute Gasteiger partial charge is 0.257 e. The van der Waals surface area contributed by atoms with Gasteiger partial charge in [-0.15, -0.1) is 11.8 Å². The summed E-state index contributed by atoms with van der Waals surface area (Å²) in [4.78, 5) is 76.0. The number of nitrogens with zero attached hydrogens (tertiary/aromatic N) is 3. The summed E-state index contributed by atoms with van der Waals surface area (Å²) in [6.07, 6.45) is 1.25. The van der Waals surface area contributed by atoms with Gasteiger partial charge in [-0.05, 0) is 42.5 Å². The van der Waals surface area contributed by atoms with E-state index in [9.17, 15) is 42.3 Å². The van der Waals surface area contributed by atoms with Crippen molar-refractivity contribution in [1.82, 2.24) is 46.2 Å². The van der Waals surface area contributed by atoms with Crippen molar-refractivity contribution in [1.29, 1.82) is 0 Å². The molecule has 5 aliphatic heterocycles. The predicted octanol–water partition coefficient (Wildman–Crippen LogP) is -1.37. The first-order chi connectivity index (χ1) is 30.7. The van der Waals surface area contributed by atoms with Gasteiger partial charge in [0.05, 0.1) is 51.7 Å². The highest BCUT2D eigenvalue weighted by molar-refractivity contribution is 8.00. The molecule has 0 spiro atoms. The zero-order valence-corrected chi connectivity index (χ0v) is 37.1. The van der Waals surface area contributed by atoms with E-state index in [1.165, 1.54) is 4.31 Å². The topological polar surface area (TPSA) is 269 Å². The maximum absolute atomic E-state index is 13.1. The summed E-state index contributed by atoms with van der Waals surface area (Å²) in [6, 6.07) is 12.3. The Balaban J connectivity index is 0.728. The molecule has 348 valence electrons. The van der Waals surface area contributed by atoms with Crippen molar-refractivity contribution in [3.05, 3.63) is 64.7 Å². The lowest BCUT2D eigenvalue weighted by molar-refractivity contribution is -0.139. The van der Waals surface area contributed by atoms with Gasteiger partial charge in [0.15, 0.2) is 6.23 Å². The van der Waals surface area contributed by atoms with Crippen molar-refractivity contribution < 1.29 is 51.8 Å². The van der Waals surface area contributed by atoms with Gasteiger partial charge in [-0.2, -0.15) is 0 Å². The highest BCUT2D eigenvalue weighted by atomic mass is 32.2. The summed E-state index contributed by atoms with van der Waals surface area (Å²) in [7, 11) is -3.36. The van der Waals surface area contributed by atoms with Crippen LogP contribution in [0.15, 0.2) is 42.5 Å². The molecule has 6 unspecified atom stereocenters. The van der Waals surface area contributed by atoms with E-state index in [1.54, 1.807) is 30.0 Å². The van der Waals surface area contributed by atoms with Gasteiger partial charge >= 0.3 is 0 Å². The Hall–Kier alpha value is -4.72. The fraction of sp³-hybridized carbons (Fsp3) is 0.561. The van der Waals surface area contributed by atoms with Gasteiger partial charge in [-0.3, -0.25) is 44.3 Å². The number of fused-ring (bicyclic) bond motifs is 1. The first-order valence-electron chi connectivity index (χ1n) is 21.4. The summed E-state index contributed by atoms with van der Waals surface area (Å²) in [6.45, 7) is 3.07. The molecular weight excluding hydrogens is 873 g/mol. The van der Waals surface area contributed by atoms with E-state index in [0.29, 0.717) is 75.8 Å². The molecule has 23 heteroatoms. The molecule has 6 atom stereocenters. The molecule has 21 nitrogen and oxygen atoms in total. The molecule has 0 aromatic heterocycles. The lowest BCUT2D eigenvalue weighted by Gasteiger charge is -2.32. The number of piperidine rings is 1. The quantitative estimate of drug-likeness (QED) is 0.0562. The molecule has 0 aliphatic carbocycles. The molecular formula is C41H56N10O11S2. The van der Waals surface area contributed by atoms with Crippen LogP contribution in [0.25, 0.3) is 0 Å². The average Bonchev–Trinajstić information content (AvgIpc) is 4.09. The number of benzene rings is 2. The average molecular weight is 929 g/mol. The third kappa shape index (κ3) is 11.9. The summed E-state index contributed by atoms with van der Waals surface area (Å²) >= 11 is 1.56. The third-order valence-electron chi connectivity index (χ3n) is 11.7. The number of hydrazine groups is 1. The Morgan fingerprint density at radius 3 is 2.41 bits per heavy atom. The molecule has 64 heavy (non-hydrogen) atoms. The van der Waals surface area contributed by atoms with E-state index >= 15 is 0 Å². The van der Waals surface area contributed by atoms with E-state index in [0.717, 1.165) is 34.5 Å². The van der Waals surface area contributed by atoms with E-state index in [1.807, 2.05) is 17.1 Å². The first kappa shape index (κ1) is 47.2. The van der Waals surface area contributed by atoms with E-state index in [2.05, 4.69) is 49.5 Å². The van der Waals surface area contributed by atoms with Crippen LogP contribution in [0.2, 0.25) is 0 Å². The van der Waals surface area contributed by atoms with Crippen LogP contribution in [0.1, 0.15) is 71.0 Å². The fourth-order valence-corrected chi connectivity index (χ4v) is 10.4. The van der Waals surface area contributed by atoms with E-state index in [-0.39, 0.29) is 67.8 Å². The van der Waals surface area contributed by atoms with Crippen LogP contribution in [0.5, 0.6) is 0 Å². The van der Waals surface area contributed by atoms with Crippen LogP contribution in [0.3, 0.4) is 0 Å². The molecule has 8 N–H and O–H groups in total. The second-order valence-electron chi connectivity index (χ2n) is 16.2. The van der Waals surface area contributed by atoms with Gasteiger partial charge in [0.25, 0.3) is 5.91 Å². The molecule has 0 bridgehead atoms. The zero-order chi connectivity index (χ0) is 45.4. The summed E-state index contributed by atoms with van der Waals surface area (Å²) in [5, 5.41) is 30.2. The molecule has 6 amide bonds. The van der Waals surface area contributed by atoms with Crippen molar-refractivity contribution in [3.63, 3.8) is 0 Å². The van der Waals surface area contributed by atoms with E-state index in [4.69, 9.17) is 9.47 Å². The monoisotopic (exact) mass is 928 g/mol.